The second kappa shape index (κ2) is 5.98. The summed E-state index contributed by atoms with van der Waals surface area (Å²) in [5.41, 5.74) is 0.976. The Kier molecular flexibility index (Phi) is 6.12. The van der Waals surface area contributed by atoms with Crippen LogP contribution in [-0.2, 0) is 39.3 Å². The largest absolute Gasteiger partial charge is 0.381 e. The van der Waals surface area contributed by atoms with E-state index in [1.807, 2.05) is 0 Å². The Hall–Kier alpha value is 0.234. The number of rotatable bonds is 3. The van der Waals surface area contributed by atoms with E-state index in [-0.39, 0.29) is 39.4 Å². The van der Waals surface area contributed by atoms with E-state index in [0.717, 1.165) is 5.69 Å². The fourth-order valence-corrected chi connectivity index (χ4v) is 0.572. The first kappa shape index (κ1) is 10.2. The van der Waals surface area contributed by atoms with Crippen molar-refractivity contribution < 1.29 is 37.8 Å². The van der Waals surface area contributed by atoms with Crippen molar-refractivity contribution in [3.63, 3.8) is 0 Å². The maximum Gasteiger partial charge on any atom is 0.0934 e. The number of aromatic nitrogens is 2. The summed E-state index contributed by atoms with van der Waals surface area (Å²) in [6.45, 7) is 0.634. The third-order valence-electron chi connectivity index (χ3n) is 0.982. The van der Waals surface area contributed by atoms with Crippen LogP contribution < -0.4 is 5.32 Å². The fraction of sp³-hybridized carbons (Fsp3) is 0.400. The number of hydrogen-bond donors (Lipinski definition) is 3. The number of H-pyrrole nitrogens is 1. The molecule has 0 saturated heterocycles. The van der Waals surface area contributed by atoms with Gasteiger partial charge in [0.25, 0.3) is 0 Å². The van der Waals surface area contributed by atoms with Gasteiger partial charge in [0.1, 0.15) is 0 Å². The Balaban J connectivity index is 0.000000810. The Labute approximate surface area is 84.3 Å². The van der Waals surface area contributed by atoms with Gasteiger partial charge in [-0.05, 0) is 0 Å². The smallest absolute Gasteiger partial charge is 0.0934 e. The van der Waals surface area contributed by atoms with E-state index in [2.05, 4.69) is 15.3 Å². The Morgan fingerprint density at radius 1 is 1.70 bits per heavy atom. The molecule has 0 aliphatic carbocycles. The molecule has 5 heteroatoms. The molecule has 1 aromatic rings. The third kappa shape index (κ3) is 3.41. The zero-order valence-corrected chi connectivity index (χ0v) is 8.38. The van der Waals surface area contributed by atoms with Crippen LogP contribution in [0.1, 0.15) is 5.69 Å². The van der Waals surface area contributed by atoms with Gasteiger partial charge in [0.15, 0.2) is 0 Å². The van der Waals surface area contributed by atoms with Crippen molar-refractivity contribution >= 4 is 0 Å². The molecule has 0 fully saturated rings. The van der Waals surface area contributed by atoms with Crippen LogP contribution in [0.25, 0.3) is 0 Å². The summed E-state index contributed by atoms with van der Waals surface area (Å²) in [6, 6.07) is 0. The summed E-state index contributed by atoms with van der Waals surface area (Å²) in [6.07, 6.45) is 3.32. The van der Waals surface area contributed by atoms with Crippen LogP contribution in [0.5, 0.6) is 0 Å². The third-order valence-corrected chi connectivity index (χ3v) is 0.982. The SMILES string of the molecule is OCNCc1cnc[nH]1.[Y]. The number of imidazole rings is 1. The molecule has 0 atom stereocenters. The molecule has 0 saturated carbocycles. The summed E-state index contributed by atoms with van der Waals surface area (Å²) >= 11 is 0. The topological polar surface area (TPSA) is 60.9 Å². The van der Waals surface area contributed by atoms with Crippen LogP contribution in [0.2, 0.25) is 0 Å². The van der Waals surface area contributed by atoms with Crippen molar-refractivity contribution in [2.45, 2.75) is 6.54 Å². The molecule has 0 aliphatic rings. The molecule has 0 amide bonds. The van der Waals surface area contributed by atoms with E-state index in [4.69, 9.17) is 5.11 Å². The predicted molar refractivity (Wildman–Crippen MR) is 32.5 cm³/mol. The van der Waals surface area contributed by atoms with E-state index in [1.54, 1.807) is 12.5 Å². The minimum absolute atomic E-state index is 0. The monoisotopic (exact) mass is 216 g/mol. The maximum atomic E-state index is 8.32. The average molecular weight is 216 g/mol. The van der Waals surface area contributed by atoms with Gasteiger partial charge in [-0.3, -0.25) is 5.32 Å². The van der Waals surface area contributed by atoms with Crippen molar-refractivity contribution in [1.29, 1.82) is 0 Å². The average Bonchev–Trinajstić information content (AvgIpc) is 2.34. The van der Waals surface area contributed by atoms with Gasteiger partial charge in [-0.2, -0.15) is 0 Å². The van der Waals surface area contributed by atoms with Crippen molar-refractivity contribution in [1.82, 2.24) is 15.3 Å². The normalized spacial score (nSPS) is 8.90. The zero-order valence-electron chi connectivity index (χ0n) is 5.54. The van der Waals surface area contributed by atoms with Gasteiger partial charge in [-0.25, -0.2) is 4.98 Å². The summed E-state index contributed by atoms with van der Waals surface area (Å²) in [5.74, 6) is 0. The van der Waals surface area contributed by atoms with E-state index < -0.39 is 0 Å². The molecule has 0 aliphatic heterocycles. The fourth-order valence-electron chi connectivity index (χ4n) is 0.572. The van der Waals surface area contributed by atoms with Crippen LogP contribution in [0, 0.1) is 0 Å². The molecular formula is C5H9N3OY. The van der Waals surface area contributed by atoms with Gasteiger partial charge >= 0.3 is 0 Å². The van der Waals surface area contributed by atoms with Gasteiger partial charge in [-0.1, -0.05) is 0 Å². The molecule has 1 rings (SSSR count). The number of aromatic amines is 1. The van der Waals surface area contributed by atoms with E-state index in [0.29, 0.717) is 6.54 Å². The minimum Gasteiger partial charge on any atom is -0.381 e. The number of nitrogens with one attached hydrogen (secondary N) is 2. The molecule has 0 unspecified atom stereocenters. The molecule has 53 valence electrons. The van der Waals surface area contributed by atoms with Gasteiger partial charge < -0.3 is 10.1 Å². The van der Waals surface area contributed by atoms with E-state index >= 15 is 0 Å². The van der Waals surface area contributed by atoms with Gasteiger partial charge in [0.2, 0.25) is 0 Å². The van der Waals surface area contributed by atoms with Crippen molar-refractivity contribution in [2.75, 3.05) is 6.73 Å². The molecule has 0 spiro atoms. The predicted octanol–water partition coefficient (Wildman–Crippen LogP) is -0.553. The first-order chi connectivity index (χ1) is 4.43. The second-order valence-corrected chi connectivity index (χ2v) is 1.66. The summed E-state index contributed by atoms with van der Waals surface area (Å²) in [7, 11) is 0. The van der Waals surface area contributed by atoms with Gasteiger partial charge in [-0.15, -0.1) is 0 Å². The summed E-state index contributed by atoms with van der Waals surface area (Å²) < 4.78 is 0. The van der Waals surface area contributed by atoms with Crippen LogP contribution in [0.15, 0.2) is 12.5 Å². The molecule has 0 bridgehead atoms. The molecule has 10 heavy (non-hydrogen) atoms. The quantitative estimate of drug-likeness (QED) is 0.594. The molecule has 1 aromatic heterocycles. The standard InChI is InChI=1S/C5H9N3O.Y/c9-4-7-2-5-1-6-3-8-5;/h1,3,7,9H,2,4H2,(H,6,8);. The molecule has 0 aromatic carbocycles. The molecule has 3 N–H and O–H groups in total. The number of aliphatic hydroxyl groups excluding tert-OH is 1. The van der Waals surface area contributed by atoms with Crippen LogP contribution in [0.3, 0.4) is 0 Å². The Bertz CT molecular complexity index is 154. The van der Waals surface area contributed by atoms with Crippen LogP contribution >= 0.6 is 0 Å². The summed E-state index contributed by atoms with van der Waals surface area (Å²) in [5, 5.41) is 11.1. The molecule has 1 heterocycles. The first-order valence-corrected chi connectivity index (χ1v) is 2.72. The number of hydrogen-bond acceptors (Lipinski definition) is 3. The van der Waals surface area contributed by atoms with Gasteiger partial charge in [0, 0.05) is 51.1 Å². The van der Waals surface area contributed by atoms with Crippen molar-refractivity contribution in [2.24, 2.45) is 0 Å². The molecular weight excluding hydrogens is 207 g/mol. The molecule has 4 nitrogen and oxygen atoms in total. The minimum atomic E-state index is -0.000972. The number of nitrogens with zero attached hydrogens (tertiary/aromatic N) is 1. The van der Waals surface area contributed by atoms with Crippen LogP contribution in [-0.4, -0.2) is 21.8 Å². The van der Waals surface area contributed by atoms with Crippen molar-refractivity contribution in [3.05, 3.63) is 18.2 Å². The van der Waals surface area contributed by atoms with E-state index in [9.17, 15) is 0 Å². The number of aliphatic hydroxyl groups is 1. The van der Waals surface area contributed by atoms with Crippen LogP contribution in [0.4, 0.5) is 0 Å². The van der Waals surface area contributed by atoms with Gasteiger partial charge in [0.05, 0.1) is 13.1 Å². The zero-order chi connectivity index (χ0) is 6.53. The maximum absolute atomic E-state index is 8.32. The summed E-state index contributed by atoms with van der Waals surface area (Å²) in [4.78, 5) is 6.69. The Morgan fingerprint density at radius 3 is 3.00 bits per heavy atom. The van der Waals surface area contributed by atoms with E-state index in [1.165, 1.54) is 0 Å². The molecule has 1 radical (unpaired) electrons. The van der Waals surface area contributed by atoms with Crippen molar-refractivity contribution in [3.8, 4) is 0 Å². The first-order valence-electron chi connectivity index (χ1n) is 2.72. The second-order valence-electron chi connectivity index (χ2n) is 1.66. The Morgan fingerprint density at radius 2 is 2.50 bits per heavy atom.